The van der Waals surface area contributed by atoms with Crippen molar-refractivity contribution in [1.82, 2.24) is 0 Å². The minimum Gasteiger partial charge on any atom is -0.366 e. The van der Waals surface area contributed by atoms with Crippen LogP contribution in [0.15, 0.2) is 48.5 Å². The molecule has 164 valence electrons. The molecule has 2 fully saturated rings. The Bertz CT molecular complexity index is 1080. The molecule has 9 nitrogen and oxygen atoms in total. The lowest BCUT2D eigenvalue weighted by molar-refractivity contribution is -0.384. The number of nitrogens with zero attached hydrogens (tertiary/aromatic N) is 3. The van der Waals surface area contributed by atoms with Gasteiger partial charge in [-0.15, -0.1) is 0 Å². The molecule has 4 rings (SSSR count). The van der Waals surface area contributed by atoms with Crippen LogP contribution in [0.4, 0.5) is 22.7 Å². The lowest BCUT2D eigenvalue weighted by atomic mass is 9.95. The summed E-state index contributed by atoms with van der Waals surface area (Å²) in [6, 6.07) is 13.5. The van der Waals surface area contributed by atoms with E-state index < -0.39 is 10.0 Å². The smallest absolute Gasteiger partial charge is 0.292 e. The zero-order chi connectivity index (χ0) is 22.0. The van der Waals surface area contributed by atoms with Crippen LogP contribution in [0, 0.1) is 16.0 Å². The van der Waals surface area contributed by atoms with Crippen molar-refractivity contribution in [1.29, 1.82) is 0 Å². The van der Waals surface area contributed by atoms with Crippen LogP contribution in [0.3, 0.4) is 0 Å². The molecule has 2 aliphatic rings. The normalized spacial score (nSPS) is 18.7. The van der Waals surface area contributed by atoms with Gasteiger partial charge in [0.05, 0.1) is 16.4 Å². The molecule has 1 amide bonds. The lowest BCUT2D eigenvalue weighted by Gasteiger charge is -2.32. The fourth-order valence-electron chi connectivity index (χ4n) is 4.15. The van der Waals surface area contributed by atoms with Crippen LogP contribution >= 0.6 is 0 Å². The van der Waals surface area contributed by atoms with Crippen molar-refractivity contribution in [2.24, 2.45) is 5.92 Å². The van der Waals surface area contributed by atoms with Gasteiger partial charge in [0, 0.05) is 37.3 Å². The van der Waals surface area contributed by atoms with Gasteiger partial charge in [0.15, 0.2) is 0 Å². The predicted molar refractivity (Wildman–Crippen MR) is 119 cm³/mol. The summed E-state index contributed by atoms with van der Waals surface area (Å²) < 4.78 is 25.5. The second-order valence-electron chi connectivity index (χ2n) is 7.78. The van der Waals surface area contributed by atoms with Crippen molar-refractivity contribution in [2.75, 3.05) is 39.9 Å². The average Bonchev–Trinajstić information content (AvgIpc) is 3.13. The highest BCUT2D eigenvalue weighted by atomic mass is 32.2. The molecule has 0 spiro atoms. The van der Waals surface area contributed by atoms with E-state index >= 15 is 0 Å². The number of anilines is 3. The van der Waals surface area contributed by atoms with Crippen LogP contribution in [-0.2, 0) is 14.8 Å². The van der Waals surface area contributed by atoms with Crippen LogP contribution in [0.1, 0.15) is 19.3 Å². The number of hydrogen-bond acceptors (Lipinski definition) is 6. The summed E-state index contributed by atoms with van der Waals surface area (Å²) >= 11 is 0. The highest BCUT2D eigenvalue weighted by Gasteiger charge is 2.29. The Kier molecular flexibility index (Phi) is 5.81. The molecule has 0 bridgehead atoms. The quantitative estimate of drug-likeness (QED) is 0.560. The van der Waals surface area contributed by atoms with E-state index in [9.17, 15) is 23.3 Å². The third kappa shape index (κ3) is 4.48. The first-order valence-corrected chi connectivity index (χ1v) is 11.9. The van der Waals surface area contributed by atoms with Gasteiger partial charge < -0.3 is 10.2 Å². The number of para-hydroxylation sites is 2. The molecule has 2 aromatic carbocycles. The van der Waals surface area contributed by atoms with Crippen LogP contribution < -0.4 is 14.5 Å². The van der Waals surface area contributed by atoms with E-state index in [0.717, 1.165) is 0 Å². The maximum absolute atomic E-state index is 12.7. The Morgan fingerprint density at radius 1 is 1.03 bits per heavy atom. The van der Waals surface area contributed by atoms with Gasteiger partial charge in [-0.1, -0.05) is 12.1 Å². The first-order valence-electron chi connectivity index (χ1n) is 10.2. The van der Waals surface area contributed by atoms with E-state index in [1.165, 1.54) is 10.4 Å². The van der Waals surface area contributed by atoms with Crippen molar-refractivity contribution in [3.8, 4) is 0 Å². The Balaban J connectivity index is 1.35. The number of carbonyl (C=O) groups excluding carboxylic acids is 1. The van der Waals surface area contributed by atoms with Crippen LogP contribution in [-0.4, -0.2) is 44.6 Å². The highest BCUT2D eigenvalue weighted by molar-refractivity contribution is 7.93. The third-order valence-corrected chi connectivity index (χ3v) is 7.68. The maximum Gasteiger partial charge on any atom is 0.292 e. The van der Waals surface area contributed by atoms with E-state index in [0.29, 0.717) is 56.0 Å². The molecule has 2 aromatic rings. The SMILES string of the molecule is O=C(Nc1ccc(N2CCCS2(=O)=O)cc1)C1CCN(c2ccccc2[N+](=O)[O-])CC1. The van der Waals surface area contributed by atoms with Gasteiger partial charge in [-0.25, -0.2) is 8.42 Å². The van der Waals surface area contributed by atoms with Crippen LogP contribution in [0.25, 0.3) is 0 Å². The average molecular weight is 445 g/mol. The summed E-state index contributed by atoms with van der Waals surface area (Å²) in [7, 11) is -3.23. The van der Waals surface area contributed by atoms with E-state index in [1.54, 1.807) is 42.5 Å². The molecular weight excluding hydrogens is 420 g/mol. The maximum atomic E-state index is 12.7. The predicted octanol–water partition coefficient (Wildman–Crippen LogP) is 2.99. The second kappa shape index (κ2) is 8.54. The first kappa shape index (κ1) is 21.1. The zero-order valence-corrected chi connectivity index (χ0v) is 17.8. The molecule has 2 aliphatic heterocycles. The van der Waals surface area contributed by atoms with Crippen molar-refractivity contribution in [3.05, 3.63) is 58.6 Å². The van der Waals surface area contributed by atoms with Crippen molar-refractivity contribution in [3.63, 3.8) is 0 Å². The highest BCUT2D eigenvalue weighted by Crippen LogP contribution is 2.31. The number of nitro benzene ring substituents is 1. The van der Waals surface area contributed by atoms with Crippen molar-refractivity contribution < 1.29 is 18.1 Å². The Labute approximate surface area is 180 Å². The van der Waals surface area contributed by atoms with Crippen LogP contribution in [0.5, 0.6) is 0 Å². The fraction of sp³-hybridized carbons (Fsp3) is 0.381. The second-order valence-corrected chi connectivity index (χ2v) is 9.80. The fourth-order valence-corrected chi connectivity index (χ4v) is 5.72. The van der Waals surface area contributed by atoms with Gasteiger partial charge in [-0.3, -0.25) is 19.2 Å². The molecule has 2 heterocycles. The Morgan fingerprint density at radius 3 is 2.32 bits per heavy atom. The zero-order valence-electron chi connectivity index (χ0n) is 16.9. The molecule has 2 saturated heterocycles. The largest absolute Gasteiger partial charge is 0.366 e. The van der Waals surface area contributed by atoms with Crippen molar-refractivity contribution >= 4 is 38.7 Å². The number of nitrogens with one attached hydrogen (secondary N) is 1. The first-order chi connectivity index (χ1) is 14.8. The van der Waals surface area contributed by atoms with Crippen molar-refractivity contribution in [2.45, 2.75) is 19.3 Å². The van der Waals surface area contributed by atoms with Gasteiger partial charge in [-0.2, -0.15) is 0 Å². The standard InChI is InChI=1S/C21H24N4O5S/c26-21(22-17-6-8-18(9-7-17)24-12-3-15-31(24,29)30)16-10-13-23(14-11-16)19-4-1-2-5-20(19)25(27)28/h1-2,4-9,16H,3,10-15H2,(H,22,26). The molecule has 0 saturated carbocycles. The molecule has 0 aromatic heterocycles. The van der Waals surface area contributed by atoms with Gasteiger partial charge in [0.1, 0.15) is 5.69 Å². The van der Waals surface area contributed by atoms with Gasteiger partial charge in [0.25, 0.3) is 5.69 Å². The topological polar surface area (TPSA) is 113 Å². The summed E-state index contributed by atoms with van der Waals surface area (Å²) in [6.45, 7) is 1.61. The number of carbonyl (C=O) groups is 1. The Hall–Kier alpha value is -3.14. The molecule has 0 atom stereocenters. The molecule has 1 N–H and O–H groups in total. The van der Waals surface area contributed by atoms with E-state index in [-0.39, 0.29) is 28.2 Å². The van der Waals surface area contributed by atoms with E-state index in [2.05, 4.69) is 5.32 Å². The molecule has 0 unspecified atom stereocenters. The summed E-state index contributed by atoms with van der Waals surface area (Å²) in [6.07, 6.45) is 1.82. The number of rotatable bonds is 5. The number of sulfonamides is 1. The number of hydrogen-bond donors (Lipinski definition) is 1. The molecule has 0 aliphatic carbocycles. The lowest BCUT2D eigenvalue weighted by Crippen LogP contribution is -2.38. The van der Waals surface area contributed by atoms with Gasteiger partial charge in [-0.05, 0) is 49.6 Å². The monoisotopic (exact) mass is 444 g/mol. The summed E-state index contributed by atoms with van der Waals surface area (Å²) in [4.78, 5) is 25.5. The number of piperidine rings is 1. The number of benzene rings is 2. The number of amides is 1. The molecular formula is C21H24N4O5S. The summed E-state index contributed by atoms with van der Waals surface area (Å²) in [5, 5.41) is 14.2. The van der Waals surface area contributed by atoms with Gasteiger partial charge in [0.2, 0.25) is 15.9 Å². The summed E-state index contributed by atoms with van der Waals surface area (Å²) in [5.41, 5.74) is 1.88. The molecule has 31 heavy (non-hydrogen) atoms. The number of nitro groups is 1. The molecule has 0 radical (unpaired) electrons. The Morgan fingerprint density at radius 2 is 1.71 bits per heavy atom. The van der Waals surface area contributed by atoms with Gasteiger partial charge >= 0.3 is 0 Å². The third-order valence-electron chi connectivity index (χ3n) is 5.81. The summed E-state index contributed by atoms with van der Waals surface area (Å²) in [5.74, 6) is -0.113. The van der Waals surface area contributed by atoms with Crippen LogP contribution in [0.2, 0.25) is 0 Å². The molecule has 10 heteroatoms. The van der Waals surface area contributed by atoms with E-state index in [1.807, 2.05) is 4.90 Å². The van der Waals surface area contributed by atoms with E-state index in [4.69, 9.17) is 0 Å². The minimum absolute atomic E-state index is 0.0745. The minimum atomic E-state index is -3.23.